The van der Waals surface area contributed by atoms with Gasteiger partial charge in [-0.2, -0.15) is 10.1 Å². The fourth-order valence-electron chi connectivity index (χ4n) is 1.78. The van der Waals surface area contributed by atoms with E-state index in [1.54, 1.807) is 6.20 Å². The van der Waals surface area contributed by atoms with Gasteiger partial charge < -0.3 is 5.32 Å². The van der Waals surface area contributed by atoms with Gasteiger partial charge in [0, 0.05) is 11.4 Å². The lowest BCUT2D eigenvalue weighted by Gasteiger charge is -2.06. The van der Waals surface area contributed by atoms with Crippen LogP contribution in [0.25, 0.3) is 11.0 Å². The molecule has 0 saturated heterocycles. The quantitative estimate of drug-likeness (QED) is 0.725. The molecule has 5 nitrogen and oxygen atoms in total. The topological polar surface area (TPSA) is 66.5 Å². The fourth-order valence-corrected chi connectivity index (χ4v) is 2.69. The highest BCUT2D eigenvalue weighted by Crippen LogP contribution is 2.32. The summed E-state index contributed by atoms with van der Waals surface area (Å²) in [6.45, 7) is 2.61. The third-order valence-corrected chi connectivity index (χ3v) is 3.71. The van der Waals surface area contributed by atoms with Crippen molar-refractivity contribution in [2.24, 2.45) is 0 Å². The molecule has 0 unspecified atom stereocenters. The van der Waals surface area contributed by atoms with Crippen LogP contribution >= 0.6 is 11.8 Å². The summed E-state index contributed by atoms with van der Waals surface area (Å²) in [5.74, 6) is -1.30. The van der Waals surface area contributed by atoms with Crippen LogP contribution < -0.4 is 5.32 Å². The van der Waals surface area contributed by atoms with Crippen LogP contribution in [0.1, 0.15) is 6.92 Å². The molecule has 2 heterocycles. The monoisotopic (exact) mass is 307 g/mol. The van der Waals surface area contributed by atoms with Crippen molar-refractivity contribution in [1.29, 1.82) is 0 Å². The second-order valence-electron chi connectivity index (χ2n) is 4.19. The first-order valence-corrected chi connectivity index (χ1v) is 7.07. The zero-order valence-electron chi connectivity index (χ0n) is 11.0. The van der Waals surface area contributed by atoms with Crippen LogP contribution in [0.4, 0.5) is 14.7 Å². The predicted molar refractivity (Wildman–Crippen MR) is 76.3 cm³/mol. The third-order valence-electron chi connectivity index (χ3n) is 2.72. The molecule has 108 valence electrons. The predicted octanol–water partition coefficient (Wildman–Crippen LogP) is 3.21. The Kier molecular flexibility index (Phi) is 3.70. The molecule has 3 aromatic rings. The number of rotatable bonds is 4. The first-order chi connectivity index (χ1) is 10.2. The molecule has 2 aromatic heterocycles. The minimum atomic E-state index is -0.885. The molecule has 0 amide bonds. The summed E-state index contributed by atoms with van der Waals surface area (Å²) in [5.41, 5.74) is 0.589. The molecule has 0 aliphatic rings. The number of anilines is 1. The first kappa shape index (κ1) is 13.7. The highest BCUT2D eigenvalue weighted by Gasteiger charge is 2.12. The van der Waals surface area contributed by atoms with Gasteiger partial charge in [0.1, 0.15) is 5.03 Å². The van der Waals surface area contributed by atoms with Gasteiger partial charge in [-0.15, -0.1) is 0 Å². The summed E-state index contributed by atoms with van der Waals surface area (Å²) in [6, 6.07) is 3.74. The lowest BCUT2D eigenvalue weighted by molar-refractivity contribution is 0.506. The molecule has 0 saturated carbocycles. The van der Waals surface area contributed by atoms with Crippen molar-refractivity contribution in [1.82, 2.24) is 20.2 Å². The van der Waals surface area contributed by atoms with E-state index in [0.717, 1.165) is 17.5 Å². The Hall–Kier alpha value is -2.22. The number of hydrogen-bond donors (Lipinski definition) is 2. The van der Waals surface area contributed by atoms with E-state index in [9.17, 15) is 8.78 Å². The Morgan fingerprint density at radius 1 is 1.24 bits per heavy atom. The molecule has 0 fully saturated rings. The van der Waals surface area contributed by atoms with Gasteiger partial charge in [0.15, 0.2) is 17.3 Å². The summed E-state index contributed by atoms with van der Waals surface area (Å²) in [7, 11) is 0. The van der Waals surface area contributed by atoms with E-state index in [1.165, 1.54) is 17.8 Å². The zero-order valence-corrected chi connectivity index (χ0v) is 11.8. The van der Waals surface area contributed by atoms with E-state index >= 15 is 0 Å². The largest absolute Gasteiger partial charge is 0.354 e. The van der Waals surface area contributed by atoms with Crippen LogP contribution in [0.5, 0.6) is 0 Å². The van der Waals surface area contributed by atoms with Crippen LogP contribution in [0.15, 0.2) is 34.3 Å². The molecule has 0 radical (unpaired) electrons. The molecule has 1 aromatic carbocycles. The van der Waals surface area contributed by atoms with E-state index in [4.69, 9.17) is 0 Å². The number of nitrogens with zero attached hydrogens (tertiary/aromatic N) is 3. The summed E-state index contributed by atoms with van der Waals surface area (Å²) in [5, 5.41) is 11.1. The molecule has 2 N–H and O–H groups in total. The summed E-state index contributed by atoms with van der Waals surface area (Å²) < 4.78 is 26.3. The minimum Gasteiger partial charge on any atom is -0.354 e. The Labute approximate surface area is 123 Å². The van der Waals surface area contributed by atoms with Crippen LogP contribution in [0, 0.1) is 11.6 Å². The van der Waals surface area contributed by atoms with Crippen LogP contribution in [0.3, 0.4) is 0 Å². The Morgan fingerprint density at radius 3 is 2.86 bits per heavy atom. The second-order valence-corrected chi connectivity index (χ2v) is 5.26. The maximum Gasteiger partial charge on any atom is 0.225 e. The third kappa shape index (κ3) is 2.80. The Bertz CT molecular complexity index is 789. The number of nitrogens with one attached hydrogen (secondary N) is 2. The Balaban J connectivity index is 2.01. The molecule has 0 spiro atoms. The lowest BCUT2D eigenvalue weighted by Crippen LogP contribution is -2.03. The standard InChI is InChI=1S/C13H11F2N5S/c1-2-16-13-18-11-8(6-17-20-11)12(19-13)21-7-3-4-9(14)10(15)5-7/h3-6H,2H2,1H3,(H2,16,17,18,19,20). The van der Waals surface area contributed by atoms with Crippen LogP contribution in [0.2, 0.25) is 0 Å². The number of halogens is 2. The van der Waals surface area contributed by atoms with Gasteiger partial charge >= 0.3 is 0 Å². The van der Waals surface area contributed by atoms with Crippen molar-refractivity contribution in [2.75, 3.05) is 11.9 Å². The number of H-pyrrole nitrogens is 1. The van der Waals surface area contributed by atoms with Crippen molar-refractivity contribution in [2.45, 2.75) is 16.8 Å². The minimum absolute atomic E-state index is 0.458. The molecule has 3 rings (SSSR count). The van der Waals surface area contributed by atoms with Crippen LogP contribution in [-0.2, 0) is 0 Å². The van der Waals surface area contributed by atoms with Gasteiger partial charge in [-0.3, -0.25) is 5.10 Å². The van der Waals surface area contributed by atoms with E-state index in [0.29, 0.717) is 28.1 Å². The Morgan fingerprint density at radius 2 is 2.10 bits per heavy atom. The maximum absolute atomic E-state index is 13.3. The van der Waals surface area contributed by atoms with E-state index in [2.05, 4.69) is 25.5 Å². The van der Waals surface area contributed by atoms with E-state index in [1.807, 2.05) is 6.92 Å². The average Bonchev–Trinajstić information content (AvgIpc) is 2.92. The molecule has 8 heteroatoms. The lowest BCUT2D eigenvalue weighted by atomic mass is 10.3. The van der Waals surface area contributed by atoms with Gasteiger partial charge in [0.25, 0.3) is 0 Å². The summed E-state index contributed by atoms with van der Waals surface area (Å²) >= 11 is 1.23. The van der Waals surface area contributed by atoms with Crippen molar-refractivity contribution < 1.29 is 8.78 Å². The number of aromatic amines is 1. The molecule has 0 aliphatic carbocycles. The van der Waals surface area contributed by atoms with E-state index < -0.39 is 11.6 Å². The molecule has 0 bridgehead atoms. The molecular weight excluding hydrogens is 296 g/mol. The maximum atomic E-state index is 13.3. The van der Waals surface area contributed by atoms with Gasteiger partial charge in [-0.25, -0.2) is 13.8 Å². The van der Waals surface area contributed by atoms with Crippen LogP contribution in [-0.4, -0.2) is 26.7 Å². The highest BCUT2D eigenvalue weighted by molar-refractivity contribution is 7.99. The van der Waals surface area contributed by atoms with Gasteiger partial charge in [0.2, 0.25) is 5.95 Å². The van der Waals surface area contributed by atoms with Gasteiger partial charge in [-0.05, 0) is 25.1 Å². The normalized spacial score (nSPS) is 11.0. The molecule has 0 atom stereocenters. The fraction of sp³-hybridized carbons (Fsp3) is 0.154. The smallest absolute Gasteiger partial charge is 0.225 e. The molecule has 0 aliphatic heterocycles. The number of fused-ring (bicyclic) bond motifs is 1. The van der Waals surface area contributed by atoms with Gasteiger partial charge in [0.05, 0.1) is 11.6 Å². The second kappa shape index (κ2) is 5.65. The van der Waals surface area contributed by atoms with E-state index in [-0.39, 0.29) is 0 Å². The summed E-state index contributed by atoms with van der Waals surface area (Å²) in [6.07, 6.45) is 1.60. The highest BCUT2D eigenvalue weighted by atomic mass is 32.2. The van der Waals surface area contributed by atoms with Crippen molar-refractivity contribution in [3.8, 4) is 0 Å². The number of benzene rings is 1. The average molecular weight is 307 g/mol. The first-order valence-electron chi connectivity index (χ1n) is 6.25. The molecule has 21 heavy (non-hydrogen) atoms. The van der Waals surface area contributed by atoms with Crippen molar-refractivity contribution in [3.63, 3.8) is 0 Å². The van der Waals surface area contributed by atoms with Gasteiger partial charge in [-0.1, -0.05) is 11.8 Å². The number of aromatic nitrogens is 4. The zero-order chi connectivity index (χ0) is 14.8. The number of hydrogen-bond acceptors (Lipinski definition) is 5. The van der Waals surface area contributed by atoms with Crippen molar-refractivity contribution in [3.05, 3.63) is 36.0 Å². The molecular formula is C13H11F2N5S. The summed E-state index contributed by atoms with van der Waals surface area (Å²) in [4.78, 5) is 9.20. The SMILES string of the molecule is CCNc1nc(Sc2ccc(F)c(F)c2)c2cn[nH]c2n1. The van der Waals surface area contributed by atoms with Crippen molar-refractivity contribution >= 4 is 28.7 Å².